The monoisotopic (exact) mass is 363 g/mol. The van der Waals surface area contributed by atoms with Gasteiger partial charge in [-0.05, 0) is 60.7 Å². The minimum atomic E-state index is -0.351. The van der Waals surface area contributed by atoms with Crippen molar-refractivity contribution in [2.45, 2.75) is 6.92 Å². The van der Waals surface area contributed by atoms with Crippen molar-refractivity contribution >= 4 is 34.8 Å². The lowest BCUT2D eigenvalue weighted by Gasteiger charge is -2.08. The van der Waals surface area contributed by atoms with Gasteiger partial charge in [0.1, 0.15) is 0 Å². The smallest absolute Gasteiger partial charge is 0.291 e. The Morgan fingerprint density at radius 1 is 0.704 bits per heavy atom. The van der Waals surface area contributed by atoms with E-state index in [2.05, 4.69) is 16.0 Å². The molecule has 0 saturated carbocycles. The second kappa shape index (κ2) is 8.01. The number of rotatable bonds is 5. The quantitative estimate of drug-likeness (QED) is 0.643. The number of amides is 3. The summed E-state index contributed by atoms with van der Waals surface area (Å²) in [5.41, 5.74) is 2.24. The molecule has 7 heteroatoms. The Hall–Kier alpha value is -3.87. The van der Waals surface area contributed by atoms with E-state index in [0.717, 1.165) is 0 Å². The van der Waals surface area contributed by atoms with Crippen LogP contribution in [0.3, 0.4) is 0 Å². The molecular weight excluding hydrogens is 346 g/mol. The number of benzene rings is 2. The fourth-order valence-electron chi connectivity index (χ4n) is 2.35. The van der Waals surface area contributed by atoms with E-state index in [1.54, 1.807) is 60.7 Å². The van der Waals surface area contributed by atoms with Crippen LogP contribution in [0.5, 0.6) is 0 Å². The van der Waals surface area contributed by atoms with Crippen molar-refractivity contribution in [1.82, 2.24) is 0 Å². The molecule has 2 aromatic carbocycles. The minimum absolute atomic E-state index is 0.175. The van der Waals surface area contributed by atoms with Gasteiger partial charge < -0.3 is 20.4 Å². The van der Waals surface area contributed by atoms with Gasteiger partial charge in [0, 0.05) is 29.5 Å². The highest BCUT2D eigenvalue weighted by Crippen LogP contribution is 2.17. The maximum Gasteiger partial charge on any atom is 0.291 e. The summed E-state index contributed by atoms with van der Waals surface area (Å²) in [6, 6.07) is 16.5. The largest absolute Gasteiger partial charge is 0.459 e. The lowest BCUT2D eigenvalue weighted by Crippen LogP contribution is -2.13. The first-order chi connectivity index (χ1) is 13.0. The second-order valence-corrected chi connectivity index (χ2v) is 5.72. The van der Waals surface area contributed by atoms with Gasteiger partial charge in [0.15, 0.2) is 5.76 Å². The van der Waals surface area contributed by atoms with Crippen LogP contribution in [0.2, 0.25) is 0 Å². The van der Waals surface area contributed by atoms with Crippen LogP contribution in [-0.4, -0.2) is 17.7 Å². The molecule has 7 nitrogen and oxygen atoms in total. The number of hydrogen-bond acceptors (Lipinski definition) is 4. The molecule has 0 bridgehead atoms. The molecule has 0 saturated heterocycles. The first kappa shape index (κ1) is 17.9. The van der Waals surface area contributed by atoms with Crippen molar-refractivity contribution in [2.24, 2.45) is 0 Å². The summed E-state index contributed by atoms with van der Waals surface area (Å²) in [7, 11) is 0. The van der Waals surface area contributed by atoms with Crippen LogP contribution >= 0.6 is 0 Å². The zero-order chi connectivity index (χ0) is 19.2. The highest BCUT2D eigenvalue weighted by Gasteiger charge is 2.09. The molecule has 27 heavy (non-hydrogen) atoms. The van der Waals surface area contributed by atoms with E-state index in [1.165, 1.54) is 13.2 Å². The zero-order valence-electron chi connectivity index (χ0n) is 14.5. The van der Waals surface area contributed by atoms with Gasteiger partial charge in [0.05, 0.1) is 6.26 Å². The molecule has 0 aliphatic carbocycles. The number of carbonyl (C=O) groups excluding carboxylic acids is 3. The van der Waals surface area contributed by atoms with E-state index < -0.39 is 0 Å². The topological polar surface area (TPSA) is 100 Å². The molecule has 3 rings (SSSR count). The van der Waals surface area contributed by atoms with E-state index in [-0.39, 0.29) is 23.5 Å². The number of nitrogens with one attached hydrogen (secondary N) is 3. The number of carbonyl (C=O) groups is 3. The van der Waals surface area contributed by atoms with Crippen molar-refractivity contribution in [1.29, 1.82) is 0 Å². The van der Waals surface area contributed by atoms with Crippen LogP contribution in [0, 0.1) is 0 Å². The summed E-state index contributed by atoms with van der Waals surface area (Å²) in [5, 5.41) is 8.11. The summed E-state index contributed by atoms with van der Waals surface area (Å²) >= 11 is 0. The SMILES string of the molecule is CC(=O)Nc1ccc(C(=O)Nc2ccc(NC(=O)c3ccco3)cc2)cc1. The zero-order valence-corrected chi connectivity index (χ0v) is 14.5. The van der Waals surface area contributed by atoms with Crippen molar-refractivity contribution in [3.63, 3.8) is 0 Å². The third-order valence-electron chi connectivity index (χ3n) is 3.61. The van der Waals surface area contributed by atoms with E-state index in [4.69, 9.17) is 4.42 Å². The van der Waals surface area contributed by atoms with Crippen LogP contribution in [0.4, 0.5) is 17.1 Å². The van der Waals surface area contributed by atoms with E-state index >= 15 is 0 Å². The van der Waals surface area contributed by atoms with Crippen molar-refractivity contribution in [3.8, 4) is 0 Å². The van der Waals surface area contributed by atoms with Crippen molar-refractivity contribution < 1.29 is 18.8 Å². The van der Waals surface area contributed by atoms with Gasteiger partial charge in [-0.3, -0.25) is 14.4 Å². The fourth-order valence-corrected chi connectivity index (χ4v) is 2.35. The Morgan fingerprint density at radius 3 is 1.74 bits per heavy atom. The van der Waals surface area contributed by atoms with Gasteiger partial charge in [-0.1, -0.05) is 0 Å². The lowest BCUT2D eigenvalue weighted by atomic mass is 10.2. The standard InChI is InChI=1S/C20H17N3O4/c1-13(24)21-15-6-4-14(5-7-15)19(25)22-16-8-10-17(11-9-16)23-20(26)18-3-2-12-27-18/h2-12H,1H3,(H,21,24)(H,22,25)(H,23,26). The molecule has 3 aromatic rings. The fraction of sp³-hybridized carbons (Fsp3) is 0.0500. The van der Waals surface area contributed by atoms with Gasteiger partial charge in [0.2, 0.25) is 5.91 Å². The Bertz CT molecular complexity index is 946. The Kier molecular flexibility index (Phi) is 5.32. The Balaban J connectivity index is 1.59. The van der Waals surface area contributed by atoms with Crippen LogP contribution in [0.15, 0.2) is 71.3 Å². The normalized spacial score (nSPS) is 10.1. The predicted molar refractivity (Wildman–Crippen MR) is 102 cm³/mol. The number of furan rings is 1. The van der Waals surface area contributed by atoms with Crippen LogP contribution in [-0.2, 0) is 4.79 Å². The maximum absolute atomic E-state index is 12.3. The summed E-state index contributed by atoms with van der Waals surface area (Å²) in [5.74, 6) is -0.589. The molecule has 0 radical (unpaired) electrons. The minimum Gasteiger partial charge on any atom is -0.459 e. The van der Waals surface area contributed by atoms with Gasteiger partial charge >= 0.3 is 0 Å². The second-order valence-electron chi connectivity index (χ2n) is 5.72. The summed E-state index contributed by atoms with van der Waals surface area (Å²) in [6.07, 6.45) is 1.43. The number of anilines is 3. The molecule has 3 N–H and O–H groups in total. The first-order valence-electron chi connectivity index (χ1n) is 8.15. The molecule has 3 amide bonds. The van der Waals surface area contributed by atoms with Gasteiger partial charge in [-0.25, -0.2) is 0 Å². The van der Waals surface area contributed by atoms with Crippen LogP contribution < -0.4 is 16.0 Å². The summed E-state index contributed by atoms with van der Waals surface area (Å²) in [6.45, 7) is 1.42. The van der Waals surface area contributed by atoms with E-state index in [1.807, 2.05) is 0 Å². The average molecular weight is 363 g/mol. The highest BCUT2D eigenvalue weighted by molar-refractivity contribution is 6.05. The van der Waals surface area contributed by atoms with E-state index in [0.29, 0.717) is 22.6 Å². The molecular formula is C20H17N3O4. The number of hydrogen-bond donors (Lipinski definition) is 3. The molecule has 136 valence electrons. The average Bonchev–Trinajstić information content (AvgIpc) is 3.18. The van der Waals surface area contributed by atoms with Crippen LogP contribution in [0.25, 0.3) is 0 Å². The van der Waals surface area contributed by atoms with Gasteiger partial charge in [0.25, 0.3) is 11.8 Å². The Labute approximate surface area is 155 Å². The van der Waals surface area contributed by atoms with Gasteiger partial charge in [-0.2, -0.15) is 0 Å². The molecule has 0 aliphatic heterocycles. The molecule has 0 fully saturated rings. The lowest BCUT2D eigenvalue weighted by molar-refractivity contribution is -0.114. The molecule has 0 atom stereocenters. The predicted octanol–water partition coefficient (Wildman–Crippen LogP) is 3.74. The van der Waals surface area contributed by atoms with Crippen molar-refractivity contribution in [2.75, 3.05) is 16.0 Å². The summed E-state index contributed by atoms with van der Waals surface area (Å²) < 4.78 is 5.03. The first-order valence-corrected chi connectivity index (χ1v) is 8.15. The molecule has 0 aliphatic rings. The maximum atomic E-state index is 12.3. The van der Waals surface area contributed by atoms with Crippen LogP contribution in [0.1, 0.15) is 27.8 Å². The Morgan fingerprint density at radius 2 is 1.22 bits per heavy atom. The van der Waals surface area contributed by atoms with Gasteiger partial charge in [-0.15, -0.1) is 0 Å². The summed E-state index contributed by atoms with van der Waals surface area (Å²) in [4.78, 5) is 35.2. The third kappa shape index (κ3) is 4.82. The molecule has 0 spiro atoms. The molecule has 1 aromatic heterocycles. The third-order valence-corrected chi connectivity index (χ3v) is 3.61. The van der Waals surface area contributed by atoms with Crippen molar-refractivity contribution in [3.05, 3.63) is 78.3 Å². The molecule has 0 unspecified atom stereocenters. The molecule has 1 heterocycles. The highest BCUT2D eigenvalue weighted by atomic mass is 16.3. The van der Waals surface area contributed by atoms with E-state index in [9.17, 15) is 14.4 Å².